The highest BCUT2D eigenvalue weighted by molar-refractivity contribution is 7.89. The number of likely N-dealkylation sites (N-methyl/N-ethyl adjacent to an activating group) is 2. The van der Waals surface area contributed by atoms with E-state index in [1.807, 2.05) is 209 Å². The predicted molar refractivity (Wildman–Crippen MR) is 591 cm³/mol. The molecule has 10 aromatic carbocycles. The fraction of sp³-hybridized carbons (Fsp3) is 0.302. The van der Waals surface area contributed by atoms with Crippen molar-refractivity contribution in [3.63, 3.8) is 0 Å². The zero-order chi connectivity index (χ0) is 106. The number of benzene rings is 10. The van der Waals surface area contributed by atoms with Gasteiger partial charge in [-0.15, -0.1) is 34.0 Å². The first kappa shape index (κ1) is 104. The molecule has 8 atom stereocenters. The molecule has 0 saturated carbocycles. The van der Waals surface area contributed by atoms with Gasteiger partial charge in [-0.25, -0.2) is 33.4 Å². The van der Waals surface area contributed by atoms with E-state index in [9.17, 15) is 42.4 Å². The molecule has 7 aliphatic heterocycles. The lowest BCUT2D eigenvalue weighted by Gasteiger charge is -2.55. The lowest BCUT2D eigenvalue weighted by molar-refractivity contribution is -0.138. The summed E-state index contributed by atoms with van der Waals surface area (Å²) >= 11 is 5.11. The van der Waals surface area contributed by atoms with E-state index < -0.39 is 49.1 Å². The Balaban J connectivity index is 0.000000122. The molecule has 22 rings (SSSR count). The molecule has 2 unspecified atom stereocenters. The Bertz CT molecular complexity index is 7870. The van der Waals surface area contributed by atoms with Crippen LogP contribution in [0, 0.1) is 24.2 Å². The van der Waals surface area contributed by atoms with Crippen molar-refractivity contribution in [3.8, 4) is 27.0 Å². The smallest absolute Gasteiger partial charge is 0.266 e. The summed E-state index contributed by atoms with van der Waals surface area (Å²) in [7, 11) is 4.90. The Hall–Kier alpha value is -15.2. The van der Waals surface area contributed by atoms with Crippen molar-refractivity contribution in [1.29, 1.82) is 5.26 Å². The highest BCUT2D eigenvalue weighted by atomic mass is 32.2. The summed E-state index contributed by atoms with van der Waals surface area (Å²) in [5.74, 6) is -0.0151. The number of carbonyl (C=O) groups excluding carboxylic acids is 6. The Kier molecular flexibility index (Phi) is 28.7. The van der Waals surface area contributed by atoms with Crippen LogP contribution in [-0.2, 0) is 91.7 Å². The second-order valence-electron chi connectivity index (χ2n) is 41.1. The van der Waals surface area contributed by atoms with Gasteiger partial charge in [0.2, 0.25) is 33.7 Å². The van der Waals surface area contributed by atoms with Crippen molar-refractivity contribution in [2.24, 2.45) is 66.6 Å². The molecule has 764 valence electrons. The summed E-state index contributed by atoms with van der Waals surface area (Å²) in [6, 6.07) is 83.9. The maximum atomic E-state index is 13.9. The number of guanidine groups is 5. The highest BCUT2D eigenvalue weighted by Crippen LogP contribution is 2.59. The van der Waals surface area contributed by atoms with E-state index in [1.54, 1.807) is 96.8 Å². The largest absolute Gasteiger partial charge is 0.376 e. The first-order chi connectivity index (χ1) is 71.1. The van der Waals surface area contributed by atoms with Crippen LogP contribution in [0.5, 0.6) is 0 Å². The fourth-order valence-electron chi connectivity index (χ4n) is 21.4. The number of thiophene rings is 3. The van der Waals surface area contributed by atoms with Gasteiger partial charge < -0.3 is 38.7 Å². The van der Waals surface area contributed by atoms with Gasteiger partial charge in [0.1, 0.15) is 16.5 Å². The molecule has 29 nitrogen and oxygen atoms in total. The lowest BCUT2D eigenvalue weighted by Crippen LogP contribution is -2.67. The number of fused-ring (bicyclic) bond motifs is 5. The van der Waals surface area contributed by atoms with Crippen molar-refractivity contribution >= 4 is 141 Å². The number of amides is 6. The number of hydrogen-bond acceptors (Lipinski definition) is 24. The van der Waals surface area contributed by atoms with E-state index in [4.69, 9.17) is 48.4 Å². The van der Waals surface area contributed by atoms with Crippen molar-refractivity contribution < 1.29 is 41.9 Å². The van der Waals surface area contributed by atoms with Crippen LogP contribution in [-0.4, -0.2) is 178 Å². The number of piperidine rings is 1. The van der Waals surface area contributed by atoms with E-state index in [2.05, 4.69) is 126 Å². The average molecular weight is 2070 g/mol. The van der Waals surface area contributed by atoms with E-state index in [0.29, 0.717) is 48.5 Å². The third-order valence-corrected chi connectivity index (χ3v) is 35.6. The Morgan fingerprint density at radius 3 is 1.93 bits per heavy atom. The van der Waals surface area contributed by atoms with Crippen LogP contribution >= 0.6 is 34.0 Å². The molecule has 11 heterocycles. The van der Waals surface area contributed by atoms with Crippen LogP contribution < -0.4 is 34.0 Å². The molecule has 2 fully saturated rings. The summed E-state index contributed by atoms with van der Waals surface area (Å²) in [6.45, 7) is 18.8. The van der Waals surface area contributed by atoms with Crippen molar-refractivity contribution in [1.82, 2.24) is 43.9 Å². The van der Waals surface area contributed by atoms with Crippen molar-refractivity contribution in [2.75, 3.05) is 54.4 Å². The summed E-state index contributed by atoms with van der Waals surface area (Å²) in [5, 5.41) is 24.7. The third kappa shape index (κ3) is 19.7. The molecule has 2 saturated heterocycles. The van der Waals surface area contributed by atoms with Gasteiger partial charge in [0.25, 0.3) is 11.8 Å². The van der Waals surface area contributed by atoms with Gasteiger partial charge in [0.15, 0.2) is 35.3 Å². The number of sulfonamides is 1. The van der Waals surface area contributed by atoms with Gasteiger partial charge >= 0.3 is 0 Å². The van der Waals surface area contributed by atoms with Crippen LogP contribution in [0.15, 0.2) is 302 Å². The van der Waals surface area contributed by atoms with Gasteiger partial charge in [0, 0.05) is 113 Å². The molecule has 149 heavy (non-hydrogen) atoms. The molecule has 1 spiro atoms. The molecular formula is C116H122N20O9S4. The molecule has 0 radical (unpaired) electrons. The molecule has 4 aromatic heterocycles. The number of nitrogens with zero attached hydrogens (tertiary/aromatic N) is 14. The molecule has 8 aliphatic rings. The standard InChI is InChI=1S/C28H28N4O3.C24H29N5O.C24H20N4OS.C21H26N4O3S.C19H19N3OS2/c29-27-31-28(22-11-3-1-4-12-22,23-13-5-2-6-14-23)26(34)32(27)19-20-9-7-10-21(17-20)25(33)30-18-24-15-8-16-35-24;1-23(2,3)17-9-7-15(8-10-17)20-21(30)28(5)22(25)27-24(20,4)18-11-12-19-16(13-18)14-26-29(19)6;1-23(20-11-10-19(30-20)16-8-5-6-15(12-16)14-25)24(21(29)28(2)22(26)27-23)13-17-7-3-4-9-18(17)24;1-21(13-19(26)24(2)20(22)23-21)16-9-6-12-25(14-16)29(27,28)18-11-5-8-15-7-3-4-10-17(15)18;1-11-6-16(24-9-11)14-10-25-15-5-4-12(7-13(14)15)19(2)8-17(23)22(3)18(20)21-19/h1-7,9-14,17,24H,8,15-16,18-19H2,(H2,29,31)(H,30,33);7-14,20H,1-6H3,(H2,25,27);3-12H,13H2,1-2H3,(H2,26,27);3-5,7-8,10-11,16H,6,9,12-14H2,1-2H3,(H2,22,23);4-7,9-10H,8H2,1-3H3,(H2,20,21)/t;20-,24+;23-,24-;16?,21-;19-/m.0100/s1. The number of nitriles is 1. The van der Waals surface area contributed by atoms with Crippen molar-refractivity contribution in [3.05, 3.63) is 343 Å². The molecule has 33 heteroatoms. The van der Waals surface area contributed by atoms with Gasteiger partial charge in [0.05, 0.1) is 70.7 Å². The van der Waals surface area contributed by atoms with E-state index in [0.717, 1.165) is 108 Å². The summed E-state index contributed by atoms with van der Waals surface area (Å²) in [5.41, 5.74) is 40.0. The Morgan fingerprint density at radius 1 is 0.577 bits per heavy atom. The number of nitrogens with one attached hydrogen (secondary N) is 1. The molecule has 6 amide bonds. The normalized spacial score (nSPS) is 22.7. The van der Waals surface area contributed by atoms with E-state index >= 15 is 0 Å². The number of carbonyl (C=O) groups is 6. The predicted octanol–water partition coefficient (Wildman–Crippen LogP) is 17.1. The number of ether oxygens (including phenoxy) is 1. The summed E-state index contributed by atoms with van der Waals surface area (Å²) in [6.07, 6.45) is 6.62. The van der Waals surface area contributed by atoms with Gasteiger partial charge in [-0.1, -0.05) is 203 Å². The minimum absolute atomic E-state index is 0.00507. The zero-order valence-corrected chi connectivity index (χ0v) is 88.9. The maximum absolute atomic E-state index is 13.9. The molecule has 11 N–H and O–H groups in total. The monoisotopic (exact) mass is 2070 g/mol. The number of nitrogens with two attached hydrogens (primary N) is 5. The number of aryl methyl sites for hydroxylation is 2. The number of rotatable bonds is 16. The number of aromatic nitrogens is 2. The zero-order valence-electron chi connectivity index (χ0n) is 85.7. The fourth-order valence-corrected chi connectivity index (χ4v) is 26.2. The summed E-state index contributed by atoms with van der Waals surface area (Å²) < 4.78 is 37.2. The number of hydrogen-bond donors (Lipinski definition) is 6. The Morgan fingerprint density at radius 2 is 1.24 bits per heavy atom. The second-order valence-corrected chi connectivity index (χ2v) is 45.9. The second kappa shape index (κ2) is 41.2. The third-order valence-electron chi connectivity index (χ3n) is 30.3. The quantitative estimate of drug-likeness (QED) is 0.0523. The topological polar surface area (TPSA) is 411 Å². The van der Waals surface area contributed by atoms with E-state index in [1.165, 1.54) is 61.7 Å². The minimum Gasteiger partial charge on any atom is -0.376 e. The van der Waals surface area contributed by atoms with Gasteiger partial charge in [-0.05, 0) is 223 Å². The highest BCUT2D eigenvalue weighted by Gasteiger charge is 2.65. The maximum Gasteiger partial charge on any atom is 0.266 e. The number of aliphatic imine (C=N–C) groups is 5. The molecular weight excluding hydrogens is 1950 g/mol. The Labute approximate surface area is 879 Å². The molecule has 0 bridgehead atoms. The van der Waals surface area contributed by atoms with Crippen LogP contribution in [0.2, 0.25) is 0 Å². The molecule has 14 aromatic rings. The van der Waals surface area contributed by atoms with Crippen molar-refractivity contribution in [2.45, 2.75) is 162 Å². The lowest BCUT2D eigenvalue weighted by atomic mass is 9.53. The van der Waals surface area contributed by atoms with Crippen LogP contribution in [0.25, 0.3) is 52.6 Å². The first-order valence-electron chi connectivity index (χ1n) is 49.6. The van der Waals surface area contributed by atoms with E-state index in [-0.39, 0.29) is 95.6 Å². The average Bonchev–Trinajstić information content (AvgIpc) is 1.35. The molecule has 1 aliphatic carbocycles. The summed E-state index contributed by atoms with van der Waals surface area (Å²) in [4.78, 5) is 113. The van der Waals surface area contributed by atoms with Crippen LogP contribution in [0.1, 0.15) is 169 Å². The minimum atomic E-state index is -3.67. The van der Waals surface area contributed by atoms with Crippen LogP contribution in [0.4, 0.5) is 0 Å². The van der Waals surface area contributed by atoms with Crippen LogP contribution in [0.3, 0.4) is 0 Å². The first-order valence-corrected chi connectivity index (χ1v) is 53.7. The van der Waals surface area contributed by atoms with Gasteiger partial charge in [-0.3, -0.25) is 57.9 Å². The SMILES string of the molecule is CN1C(=O)C[C@@](C)(C2CCCN(S(=O)(=O)c3cccc4ccccc34)C2)N=C1N.CN1C(=O)[C@H](c2ccc(C(C)(C)C)cc2)[C@@](C)(c2ccc3c(cnn3C)c2)N=C1N.CN1C(=O)[C@]2(Cc3ccccc32)[C@@](C)(c2ccc(-c3cccc(C#N)c3)s2)N=C1N.Cc1csc(-c2csc3ccc([C@]4(C)CC(=O)N(C)C(N)=N4)cc23)c1.NC1=NC(c2ccccc2)(c2ccccc2)C(=O)N1Cc1cccc(C(=O)NCC2CCCO2)c1. The van der Waals surface area contributed by atoms with Gasteiger partial charge in [-0.2, -0.15) is 14.7 Å².